The molecule has 2 aromatic carbocycles. The van der Waals surface area contributed by atoms with Gasteiger partial charge >= 0.3 is 5.63 Å². The van der Waals surface area contributed by atoms with Crippen LogP contribution in [-0.2, 0) is 17.8 Å². The lowest BCUT2D eigenvalue weighted by Gasteiger charge is -2.09. The van der Waals surface area contributed by atoms with Crippen LogP contribution < -0.4 is 15.7 Å². The molecule has 0 unspecified atom stereocenters. The van der Waals surface area contributed by atoms with Gasteiger partial charge < -0.3 is 14.5 Å². The monoisotopic (exact) mass is 341 g/mol. The molecule has 0 radical (unpaired) electrons. The van der Waals surface area contributed by atoms with Crippen molar-refractivity contribution in [3.8, 4) is 5.75 Å². The number of rotatable bonds is 5. The fraction of sp³-hybridized carbons (Fsp3) is 0.158. The molecule has 1 heterocycles. The largest absolute Gasteiger partial charge is 0.489 e. The fourth-order valence-electron chi connectivity index (χ4n) is 2.50. The average Bonchev–Trinajstić information content (AvgIpc) is 2.59. The number of hydrogen-bond acceptors (Lipinski definition) is 4. The number of benzene rings is 2. The van der Waals surface area contributed by atoms with Crippen LogP contribution in [0.25, 0.3) is 11.0 Å². The molecule has 1 amide bonds. The Labute approximate surface area is 143 Å². The van der Waals surface area contributed by atoms with E-state index >= 15 is 0 Å². The van der Waals surface area contributed by atoms with E-state index in [0.717, 1.165) is 0 Å². The highest BCUT2D eigenvalue weighted by atomic mass is 19.1. The third kappa shape index (κ3) is 4.03. The van der Waals surface area contributed by atoms with Crippen molar-refractivity contribution in [3.63, 3.8) is 0 Å². The van der Waals surface area contributed by atoms with Crippen molar-refractivity contribution in [1.29, 1.82) is 0 Å². The van der Waals surface area contributed by atoms with E-state index in [-0.39, 0.29) is 24.8 Å². The maximum atomic E-state index is 13.2. The molecule has 0 aliphatic carbocycles. The van der Waals surface area contributed by atoms with Gasteiger partial charge in [-0.05, 0) is 35.4 Å². The number of fused-ring (bicyclic) bond motifs is 1. The van der Waals surface area contributed by atoms with E-state index in [9.17, 15) is 14.0 Å². The predicted molar refractivity (Wildman–Crippen MR) is 91.0 cm³/mol. The van der Waals surface area contributed by atoms with Gasteiger partial charge in [0.1, 0.15) is 23.8 Å². The Morgan fingerprint density at radius 3 is 2.80 bits per heavy atom. The Bertz CT molecular complexity index is 981. The Hall–Kier alpha value is -3.15. The van der Waals surface area contributed by atoms with Gasteiger partial charge in [-0.25, -0.2) is 9.18 Å². The van der Waals surface area contributed by atoms with Crippen LogP contribution in [0, 0.1) is 5.82 Å². The lowest BCUT2D eigenvalue weighted by molar-refractivity contribution is -0.119. The van der Waals surface area contributed by atoms with Gasteiger partial charge in [-0.2, -0.15) is 0 Å². The number of likely N-dealkylation sites (N-methyl/N-ethyl adjacent to an activating group) is 1. The molecule has 6 heteroatoms. The van der Waals surface area contributed by atoms with Crippen molar-refractivity contribution in [1.82, 2.24) is 5.32 Å². The van der Waals surface area contributed by atoms with Crippen LogP contribution in [0.1, 0.15) is 11.1 Å². The van der Waals surface area contributed by atoms with E-state index in [1.165, 1.54) is 25.2 Å². The Morgan fingerprint density at radius 2 is 2.04 bits per heavy atom. The van der Waals surface area contributed by atoms with Crippen LogP contribution in [0.4, 0.5) is 4.39 Å². The summed E-state index contributed by atoms with van der Waals surface area (Å²) < 4.78 is 24.0. The maximum Gasteiger partial charge on any atom is 0.336 e. The second kappa shape index (κ2) is 7.17. The molecule has 128 valence electrons. The first-order valence-electron chi connectivity index (χ1n) is 7.70. The molecule has 0 aliphatic heterocycles. The molecule has 0 fully saturated rings. The number of carbonyl (C=O) groups is 1. The quantitative estimate of drug-likeness (QED) is 0.725. The summed E-state index contributed by atoms with van der Waals surface area (Å²) >= 11 is 0. The molecule has 0 saturated carbocycles. The van der Waals surface area contributed by atoms with Crippen molar-refractivity contribution < 1.29 is 18.3 Å². The van der Waals surface area contributed by atoms with Gasteiger partial charge in [0.2, 0.25) is 5.91 Å². The minimum Gasteiger partial charge on any atom is -0.489 e. The highest BCUT2D eigenvalue weighted by molar-refractivity contribution is 5.87. The van der Waals surface area contributed by atoms with Crippen molar-refractivity contribution >= 4 is 16.9 Å². The molecule has 3 aromatic rings. The Kier molecular flexibility index (Phi) is 4.79. The molecular weight excluding hydrogens is 325 g/mol. The summed E-state index contributed by atoms with van der Waals surface area (Å²) in [5.41, 5.74) is 1.08. The van der Waals surface area contributed by atoms with Crippen LogP contribution in [0.2, 0.25) is 0 Å². The molecule has 0 atom stereocenters. The van der Waals surface area contributed by atoms with E-state index < -0.39 is 5.63 Å². The molecule has 1 aromatic heterocycles. The zero-order valence-electron chi connectivity index (χ0n) is 13.5. The Morgan fingerprint density at radius 1 is 1.20 bits per heavy atom. The summed E-state index contributed by atoms with van der Waals surface area (Å²) in [4.78, 5) is 23.3. The van der Waals surface area contributed by atoms with Crippen LogP contribution >= 0.6 is 0 Å². The molecular formula is C19H16FNO4. The highest BCUT2D eigenvalue weighted by Gasteiger charge is 2.10. The van der Waals surface area contributed by atoms with Crippen molar-refractivity contribution in [2.24, 2.45) is 0 Å². The van der Waals surface area contributed by atoms with E-state index in [1.807, 2.05) is 0 Å². The minimum atomic E-state index is -0.534. The first-order valence-corrected chi connectivity index (χ1v) is 7.70. The topological polar surface area (TPSA) is 68.5 Å². The van der Waals surface area contributed by atoms with Gasteiger partial charge in [0.25, 0.3) is 0 Å². The molecule has 1 N–H and O–H groups in total. The average molecular weight is 341 g/mol. The molecule has 0 saturated heterocycles. The summed E-state index contributed by atoms with van der Waals surface area (Å²) in [6.45, 7) is 0.186. The van der Waals surface area contributed by atoms with Crippen LogP contribution in [0.15, 0.2) is 57.7 Å². The first-order chi connectivity index (χ1) is 12.0. The van der Waals surface area contributed by atoms with E-state index in [2.05, 4.69) is 5.32 Å². The summed E-state index contributed by atoms with van der Waals surface area (Å²) in [5.74, 6) is -0.0419. The molecule has 5 nitrogen and oxygen atoms in total. The van der Waals surface area contributed by atoms with Crippen molar-refractivity contribution in [2.75, 3.05) is 7.05 Å². The smallest absolute Gasteiger partial charge is 0.336 e. The fourth-order valence-corrected chi connectivity index (χ4v) is 2.50. The normalized spacial score (nSPS) is 10.6. The predicted octanol–water partition coefficient (Wildman–Crippen LogP) is 2.80. The lowest BCUT2D eigenvalue weighted by Crippen LogP contribution is -2.20. The molecule has 0 spiro atoms. The maximum absolute atomic E-state index is 13.2. The van der Waals surface area contributed by atoms with Crippen molar-refractivity contribution in [3.05, 3.63) is 75.9 Å². The summed E-state index contributed by atoms with van der Waals surface area (Å²) in [6, 6.07) is 12.5. The standard InChI is InChI=1S/C19H16FNO4/c1-21-18(22)8-13-9-19(23)25-17-10-15(5-6-16(13)17)24-11-12-3-2-4-14(20)7-12/h2-7,9-10H,8,11H2,1H3,(H,21,22). The number of hydrogen-bond donors (Lipinski definition) is 1. The van der Waals surface area contributed by atoms with Gasteiger partial charge in [0.05, 0.1) is 6.42 Å². The van der Waals surface area contributed by atoms with E-state index in [0.29, 0.717) is 27.8 Å². The zero-order chi connectivity index (χ0) is 17.8. The number of amides is 1. The lowest BCUT2D eigenvalue weighted by atomic mass is 10.1. The third-order valence-electron chi connectivity index (χ3n) is 3.73. The number of carbonyl (C=O) groups excluding carboxylic acids is 1. The number of halogens is 1. The second-order valence-electron chi connectivity index (χ2n) is 5.52. The van der Waals surface area contributed by atoms with Crippen LogP contribution in [0.3, 0.4) is 0 Å². The number of ether oxygens (including phenoxy) is 1. The summed E-state index contributed by atoms with van der Waals surface area (Å²) in [5, 5.41) is 3.19. The van der Waals surface area contributed by atoms with Crippen molar-refractivity contribution in [2.45, 2.75) is 13.0 Å². The summed E-state index contributed by atoms with van der Waals surface area (Å²) in [6.07, 6.45) is 0.0854. The molecule has 0 aliphatic rings. The van der Waals surface area contributed by atoms with Crippen LogP contribution in [0.5, 0.6) is 5.75 Å². The van der Waals surface area contributed by atoms with Gasteiger partial charge in [-0.3, -0.25) is 4.79 Å². The van der Waals surface area contributed by atoms with E-state index in [4.69, 9.17) is 9.15 Å². The first kappa shape index (κ1) is 16.7. The molecule has 0 bridgehead atoms. The van der Waals surface area contributed by atoms with Gasteiger partial charge in [-0.1, -0.05) is 12.1 Å². The molecule has 25 heavy (non-hydrogen) atoms. The SMILES string of the molecule is CNC(=O)Cc1cc(=O)oc2cc(OCc3cccc(F)c3)ccc12. The third-order valence-corrected chi connectivity index (χ3v) is 3.73. The molecule has 3 rings (SSSR count). The summed E-state index contributed by atoms with van der Waals surface area (Å²) in [7, 11) is 1.54. The highest BCUT2D eigenvalue weighted by Crippen LogP contribution is 2.24. The Balaban J connectivity index is 1.86. The number of nitrogens with one attached hydrogen (secondary N) is 1. The zero-order valence-corrected chi connectivity index (χ0v) is 13.5. The van der Waals surface area contributed by atoms with E-state index in [1.54, 1.807) is 30.3 Å². The van der Waals surface area contributed by atoms with Gasteiger partial charge in [0, 0.05) is 24.6 Å². The van der Waals surface area contributed by atoms with Gasteiger partial charge in [-0.15, -0.1) is 0 Å². The van der Waals surface area contributed by atoms with Crippen LogP contribution in [-0.4, -0.2) is 13.0 Å². The van der Waals surface area contributed by atoms with Gasteiger partial charge in [0.15, 0.2) is 0 Å². The minimum absolute atomic E-state index is 0.0854. The second-order valence-corrected chi connectivity index (χ2v) is 5.52.